The first-order valence-corrected chi connectivity index (χ1v) is 5.54. The Kier molecular flexibility index (Phi) is 3.75. The number of alkyl halides is 3. The van der Waals surface area contributed by atoms with Gasteiger partial charge in [0.2, 0.25) is 0 Å². The van der Waals surface area contributed by atoms with Gasteiger partial charge in [0.25, 0.3) is 5.56 Å². The van der Waals surface area contributed by atoms with Crippen LogP contribution >= 0.6 is 0 Å². The van der Waals surface area contributed by atoms with E-state index in [1.54, 1.807) is 0 Å². The highest BCUT2D eigenvalue weighted by atomic mass is 19.4. The number of hydrogen-bond donors (Lipinski definition) is 2. The van der Waals surface area contributed by atoms with Crippen molar-refractivity contribution >= 4 is 0 Å². The van der Waals surface area contributed by atoms with Crippen LogP contribution < -0.4 is 16.0 Å². The molecule has 1 aromatic carbocycles. The number of nitrogens with two attached hydrogens (primary N) is 1. The van der Waals surface area contributed by atoms with Gasteiger partial charge in [-0.15, -0.1) is 13.2 Å². The fraction of sp³-hybridized carbons (Fsp3) is 0.167. The minimum absolute atomic E-state index is 0.0513. The predicted molar refractivity (Wildman–Crippen MR) is 64.9 cm³/mol. The molecule has 3 N–H and O–H groups in total. The van der Waals surface area contributed by atoms with Gasteiger partial charge in [0, 0.05) is 18.2 Å². The van der Waals surface area contributed by atoms with E-state index in [4.69, 9.17) is 5.73 Å². The van der Waals surface area contributed by atoms with Gasteiger partial charge in [-0.2, -0.15) is 0 Å². The molecule has 0 saturated carbocycles. The van der Waals surface area contributed by atoms with Crippen molar-refractivity contribution in [3.63, 3.8) is 0 Å². The van der Waals surface area contributed by atoms with E-state index in [2.05, 4.69) is 14.7 Å². The summed E-state index contributed by atoms with van der Waals surface area (Å²) in [6.07, 6.45) is -4.78. The summed E-state index contributed by atoms with van der Waals surface area (Å²) in [7, 11) is 0. The zero-order chi connectivity index (χ0) is 14.8. The number of nitrogens with one attached hydrogen (secondary N) is 1. The Morgan fingerprint density at radius 2 is 2.05 bits per heavy atom. The fourth-order valence-electron chi connectivity index (χ4n) is 1.59. The van der Waals surface area contributed by atoms with E-state index in [9.17, 15) is 18.0 Å². The van der Waals surface area contributed by atoms with Gasteiger partial charge in [-0.05, 0) is 12.1 Å². The Morgan fingerprint density at radius 3 is 2.70 bits per heavy atom. The van der Waals surface area contributed by atoms with E-state index in [1.165, 1.54) is 18.2 Å². The quantitative estimate of drug-likeness (QED) is 0.901. The molecule has 0 unspecified atom stereocenters. The van der Waals surface area contributed by atoms with Crippen LogP contribution in [-0.4, -0.2) is 16.3 Å². The number of aromatic amines is 1. The molecule has 2 aromatic rings. The maximum Gasteiger partial charge on any atom is 0.573 e. The first-order valence-electron chi connectivity index (χ1n) is 5.54. The summed E-state index contributed by atoms with van der Waals surface area (Å²) in [6.45, 7) is 0.0513. The maximum absolute atomic E-state index is 12.1. The van der Waals surface area contributed by atoms with E-state index < -0.39 is 17.7 Å². The van der Waals surface area contributed by atoms with Crippen molar-refractivity contribution in [3.05, 3.63) is 46.4 Å². The van der Waals surface area contributed by atoms with E-state index in [0.29, 0.717) is 11.3 Å². The normalized spacial score (nSPS) is 11.4. The maximum atomic E-state index is 12.1. The lowest BCUT2D eigenvalue weighted by Gasteiger charge is -2.10. The average molecular weight is 285 g/mol. The van der Waals surface area contributed by atoms with Crippen LogP contribution in [0.3, 0.4) is 0 Å². The SMILES string of the molecule is NCc1cc(=O)[nH]c(-c2cccc(OC(F)(F)F)c2)n1. The third-order valence-corrected chi connectivity index (χ3v) is 2.34. The predicted octanol–water partition coefficient (Wildman–Crippen LogP) is 1.79. The van der Waals surface area contributed by atoms with Crippen molar-refractivity contribution in [1.82, 2.24) is 9.97 Å². The van der Waals surface area contributed by atoms with Gasteiger partial charge in [0.05, 0.1) is 5.69 Å². The van der Waals surface area contributed by atoms with Gasteiger partial charge >= 0.3 is 6.36 Å². The number of rotatable bonds is 3. The highest BCUT2D eigenvalue weighted by Crippen LogP contribution is 2.26. The van der Waals surface area contributed by atoms with E-state index in [0.717, 1.165) is 12.1 Å². The molecule has 0 bridgehead atoms. The smallest absolute Gasteiger partial charge is 0.406 e. The van der Waals surface area contributed by atoms with Crippen LogP contribution in [0.1, 0.15) is 5.69 Å². The Balaban J connectivity index is 2.40. The van der Waals surface area contributed by atoms with E-state index in [-0.39, 0.29) is 12.4 Å². The highest BCUT2D eigenvalue weighted by Gasteiger charge is 2.31. The number of aromatic nitrogens is 2. The standard InChI is InChI=1S/C12H10F3N3O2/c13-12(14,15)20-9-3-1-2-7(4-9)11-17-8(6-16)5-10(19)18-11/h1-5H,6,16H2,(H,17,18,19). The highest BCUT2D eigenvalue weighted by molar-refractivity contribution is 5.57. The molecule has 0 aliphatic heterocycles. The van der Waals surface area contributed by atoms with Crippen molar-refractivity contribution in [2.24, 2.45) is 5.73 Å². The van der Waals surface area contributed by atoms with E-state index in [1.807, 2.05) is 0 Å². The third kappa shape index (κ3) is 3.58. The molecule has 0 spiro atoms. The molecule has 8 heteroatoms. The molecule has 5 nitrogen and oxygen atoms in total. The molecule has 1 aromatic heterocycles. The van der Waals surface area contributed by atoms with Crippen molar-refractivity contribution in [1.29, 1.82) is 0 Å². The molecule has 0 aliphatic carbocycles. The largest absolute Gasteiger partial charge is 0.573 e. The van der Waals surface area contributed by atoms with Crippen LogP contribution in [0.4, 0.5) is 13.2 Å². The number of H-pyrrole nitrogens is 1. The summed E-state index contributed by atoms with van der Waals surface area (Å²) < 4.78 is 40.2. The van der Waals surface area contributed by atoms with Crippen molar-refractivity contribution in [3.8, 4) is 17.1 Å². The molecule has 106 valence electrons. The zero-order valence-corrected chi connectivity index (χ0v) is 10.1. The van der Waals surface area contributed by atoms with Crippen LogP contribution in [0.25, 0.3) is 11.4 Å². The van der Waals surface area contributed by atoms with Crippen molar-refractivity contribution in [2.45, 2.75) is 12.9 Å². The molecular formula is C12H10F3N3O2. The Bertz CT molecular complexity index is 667. The van der Waals surface area contributed by atoms with Crippen LogP contribution in [0, 0.1) is 0 Å². The lowest BCUT2D eigenvalue weighted by Crippen LogP contribution is -2.17. The van der Waals surface area contributed by atoms with Gasteiger partial charge in [0.1, 0.15) is 11.6 Å². The van der Waals surface area contributed by atoms with Crippen LogP contribution in [0.15, 0.2) is 35.1 Å². The third-order valence-electron chi connectivity index (χ3n) is 2.34. The van der Waals surface area contributed by atoms with Crippen molar-refractivity contribution < 1.29 is 17.9 Å². The second-order valence-electron chi connectivity index (χ2n) is 3.87. The molecule has 1 heterocycles. The van der Waals surface area contributed by atoms with Crippen LogP contribution in [0.5, 0.6) is 5.75 Å². The summed E-state index contributed by atoms with van der Waals surface area (Å²) in [5.41, 5.74) is 5.59. The molecule has 0 amide bonds. The lowest BCUT2D eigenvalue weighted by atomic mass is 10.2. The molecule has 0 radical (unpaired) electrons. The minimum Gasteiger partial charge on any atom is -0.406 e. The Morgan fingerprint density at radius 1 is 1.30 bits per heavy atom. The number of halogens is 3. The first-order chi connectivity index (χ1) is 9.37. The summed E-state index contributed by atoms with van der Waals surface area (Å²) in [5, 5.41) is 0. The molecular weight excluding hydrogens is 275 g/mol. The fourth-order valence-corrected chi connectivity index (χ4v) is 1.59. The number of ether oxygens (including phenoxy) is 1. The van der Waals surface area contributed by atoms with Gasteiger partial charge in [-0.3, -0.25) is 4.79 Å². The number of benzene rings is 1. The lowest BCUT2D eigenvalue weighted by molar-refractivity contribution is -0.274. The molecule has 20 heavy (non-hydrogen) atoms. The molecule has 0 atom stereocenters. The number of nitrogens with zero attached hydrogens (tertiary/aromatic N) is 1. The topological polar surface area (TPSA) is 81.0 Å². The van der Waals surface area contributed by atoms with Crippen LogP contribution in [0.2, 0.25) is 0 Å². The van der Waals surface area contributed by atoms with Gasteiger partial charge in [0.15, 0.2) is 0 Å². The van der Waals surface area contributed by atoms with Gasteiger partial charge in [-0.25, -0.2) is 4.98 Å². The monoisotopic (exact) mass is 285 g/mol. The molecule has 0 fully saturated rings. The average Bonchev–Trinajstić information content (AvgIpc) is 2.36. The van der Waals surface area contributed by atoms with Crippen LogP contribution in [-0.2, 0) is 6.54 Å². The summed E-state index contributed by atoms with van der Waals surface area (Å²) in [4.78, 5) is 17.9. The van der Waals surface area contributed by atoms with Gasteiger partial charge < -0.3 is 15.5 Å². The summed E-state index contributed by atoms with van der Waals surface area (Å²) in [5.74, 6) is -0.263. The summed E-state index contributed by atoms with van der Waals surface area (Å²) in [6, 6.07) is 6.38. The molecule has 2 rings (SSSR count). The molecule has 0 aliphatic rings. The zero-order valence-electron chi connectivity index (χ0n) is 10.1. The Hall–Kier alpha value is -2.35. The van der Waals surface area contributed by atoms with Gasteiger partial charge in [-0.1, -0.05) is 12.1 Å². The second-order valence-corrected chi connectivity index (χ2v) is 3.87. The Labute approximate surface area is 111 Å². The molecule has 0 saturated heterocycles. The minimum atomic E-state index is -4.78. The number of hydrogen-bond acceptors (Lipinski definition) is 4. The first kappa shape index (κ1) is 14.1. The second kappa shape index (κ2) is 5.33. The van der Waals surface area contributed by atoms with Crippen molar-refractivity contribution in [2.75, 3.05) is 0 Å². The summed E-state index contributed by atoms with van der Waals surface area (Å²) >= 11 is 0. The van der Waals surface area contributed by atoms with E-state index >= 15 is 0 Å².